The summed E-state index contributed by atoms with van der Waals surface area (Å²) in [6.45, 7) is 0. The number of aromatic nitrogens is 3. The molecule has 3 heterocycles. The van der Waals surface area contributed by atoms with Gasteiger partial charge < -0.3 is 10.6 Å². The topological polar surface area (TPSA) is 88.9 Å². The fourth-order valence-corrected chi connectivity index (χ4v) is 4.16. The van der Waals surface area contributed by atoms with Gasteiger partial charge in [-0.1, -0.05) is 6.07 Å². The summed E-state index contributed by atoms with van der Waals surface area (Å²) in [5.74, 6) is -0.987. The monoisotopic (exact) mass is 441 g/mol. The van der Waals surface area contributed by atoms with Gasteiger partial charge in [-0.3, -0.25) is 9.59 Å². The molecule has 4 rings (SSSR count). The molecule has 0 aliphatic rings. The van der Waals surface area contributed by atoms with Crippen LogP contribution in [0.25, 0.3) is 5.69 Å². The van der Waals surface area contributed by atoms with Crippen molar-refractivity contribution in [3.05, 3.63) is 75.9 Å². The van der Waals surface area contributed by atoms with Crippen molar-refractivity contribution in [3.63, 3.8) is 0 Å². The third kappa shape index (κ3) is 4.97. The third-order valence-electron chi connectivity index (χ3n) is 4.04. The molecule has 2 N–H and O–H groups in total. The molecule has 3 aromatic heterocycles. The van der Waals surface area contributed by atoms with Crippen molar-refractivity contribution in [2.24, 2.45) is 0 Å². The van der Waals surface area contributed by atoms with E-state index in [-0.39, 0.29) is 24.7 Å². The van der Waals surface area contributed by atoms with Crippen LogP contribution in [0.1, 0.15) is 10.6 Å². The van der Waals surface area contributed by atoms with Crippen LogP contribution in [-0.2, 0) is 22.4 Å². The largest absolute Gasteiger partial charge is 0.326 e. The van der Waals surface area contributed by atoms with E-state index in [1.807, 2.05) is 17.5 Å². The Morgan fingerprint density at radius 2 is 1.93 bits per heavy atom. The van der Waals surface area contributed by atoms with E-state index in [0.29, 0.717) is 22.2 Å². The highest BCUT2D eigenvalue weighted by Crippen LogP contribution is 2.20. The number of halogens is 1. The van der Waals surface area contributed by atoms with Crippen molar-refractivity contribution in [3.8, 4) is 5.69 Å². The predicted molar refractivity (Wildman–Crippen MR) is 115 cm³/mol. The van der Waals surface area contributed by atoms with Gasteiger partial charge in [0.05, 0.1) is 18.5 Å². The van der Waals surface area contributed by atoms with E-state index in [1.165, 1.54) is 33.4 Å². The number of hydrogen-bond donors (Lipinski definition) is 2. The molecule has 10 heteroatoms. The maximum atomic E-state index is 14.3. The van der Waals surface area contributed by atoms with Crippen LogP contribution in [0.3, 0.4) is 0 Å². The van der Waals surface area contributed by atoms with Crippen LogP contribution in [0.2, 0.25) is 0 Å². The second kappa shape index (κ2) is 8.97. The zero-order valence-corrected chi connectivity index (χ0v) is 17.2. The summed E-state index contributed by atoms with van der Waals surface area (Å²) in [4.78, 5) is 29.6. The lowest BCUT2D eigenvalue weighted by molar-refractivity contribution is -0.116. The van der Waals surface area contributed by atoms with Crippen molar-refractivity contribution in [1.29, 1.82) is 0 Å². The maximum Gasteiger partial charge on any atom is 0.231 e. The van der Waals surface area contributed by atoms with Gasteiger partial charge >= 0.3 is 0 Å². The van der Waals surface area contributed by atoms with E-state index >= 15 is 0 Å². The normalized spacial score (nSPS) is 10.7. The van der Waals surface area contributed by atoms with Crippen molar-refractivity contribution in [2.45, 2.75) is 12.8 Å². The summed E-state index contributed by atoms with van der Waals surface area (Å²) in [7, 11) is 0. The quantitative estimate of drug-likeness (QED) is 0.455. The number of anilines is 2. The number of nitrogens with one attached hydrogen (secondary N) is 2. The highest BCUT2D eigenvalue weighted by Gasteiger charge is 2.12. The minimum atomic E-state index is -0.499. The predicted octanol–water partition coefficient (Wildman–Crippen LogP) is 3.89. The van der Waals surface area contributed by atoms with Crippen LogP contribution in [0.5, 0.6) is 0 Å². The first-order chi connectivity index (χ1) is 14.6. The summed E-state index contributed by atoms with van der Waals surface area (Å²) in [5.41, 5.74) is 1.16. The van der Waals surface area contributed by atoms with Crippen LogP contribution < -0.4 is 10.6 Å². The second-order valence-electron chi connectivity index (χ2n) is 6.29. The molecule has 1 aromatic carbocycles. The Labute approximate surface area is 179 Å². The van der Waals surface area contributed by atoms with Crippen molar-refractivity contribution >= 4 is 45.3 Å². The molecule has 0 spiro atoms. The molecular formula is C20H16FN5O2S2. The fourth-order valence-electron chi connectivity index (χ4n) is 2.73. The SMILES string of the molecule is O=C(Cc1csc(NC(=O)Cc2cccs2)n1)Nc1ccc(-n2cccn2)c(F)c1. The lowest BCUT2D eigenvalue weighted by atomic mass is 10.2. The number of rotatable bonds is 7. The van der Waals surface area contributed by atoms with Crippen LogP contribution in [0.4, 0.5) is 15.2 Å². The Morgan fingerprint density at radius 1 is 1.07 bits per heavy atom. The van der Waals surface area contributed by atoms with Crippen molar-refractivity contribution < 1.29 is 14.0 Å². The standard InChI is InChI=1S/C20H16FN5O2S2/c21-16-9-13(4-5-17(16)26-7-2-6-22-26)23-18(27)10-14-12-30-20(24-14)25-19(28)11-15-3-1-8-29-15/h1-9,12H,10-11H2,(H,23,27)(H,24,25,28). The molecule has 0 unspecified atom stereocenters. The van der Waals surface area contributed by atoms with Crippen LogP contribution in [0, 0.1) is 5.82 Å². The zero-order valence-electron chi connectivity index (χ0n) is 15.5. The molecule has 0 aliphatic carbocycles. The molecule has 0 aliphatic heterocycles. The van der Waals surface area contributed by atoms with Gasteiger partial charge in [0.25, 0.3) is 0 Å². The molecule has 2 amide bonds. The van der Waals surface area contributed by atoms with E-state index in [9.17, 15) is 14.0 Å². The van der Waals surface area contributed by atoms with Gasteiger partial charge in [0.1, 0.15) is 5.69 Å². The number of amides is 2. The molecule has 0 bridgehead atoms. The van der Waals surface area contributed by atoms with E-state index in [0.717, 1.165) is 4.88 Å². The zero-order chi connectivity index (χ0) is 20.9. The Hall–Kier alpha value is -3.37. The summed E-state index contributed by atoms with van der Waals surface area (Å²) in [5, 5.41) is 13.4. The first-order valence-corrected chi connectivity index (χ1v) is 10.7. The first-order valence-electron chi connectivity index (χ1n) is 8.93. The van der Waals surface area contributed by atoms with Gasteiger partial charge in [-0.2, -0.15) is 5.10 Å². The van der Waals surface area contributed by atoms with Crippen LogP contribution in [-0.4, -0.2) is 26.6 Å². The highest BCUT2D eigenvalue weighted by molar-refractivity contribution is 7.14. The minimum Gasteiger partial charge on any atom is -0.326 e. The first kappa shape index (κ1) is 19.9. The van der Waals surface area contributed by atoms with Gasteiger partial charge in [0.2, 0.25) is 11.8 Å². The van der Waals surface area contributed by atoms with Gasteiger partial charge in [-0.25, -0.2) is 14.1 Å². The number of thiazole rings is 1. The Bertz CT molecular complexity index is 1160. The Morgan fingerprint density at radius 3 is 2.67 bits per heavy atom. The summed E-state index contributed by atoms with van der Waals surface area (Å²) < 4.78 is 15.7. The van der Waals surface area contributed by atoms with Crippen molar-refractivity contribution in [1.82, 2.24) is 14.8 Å². The minimum absolute atomic E-state index is 0.0137. The number of thiophene rings is 1. The summed E-state index contributed by atoms with van der Waals surface area (Å²) in [6, 6.07) is 9.88. The van der Waals surface area contributed by atoms with Crippen molar-refractivity contribution in [2.75, 3.05) is 10.6 Å². The highest BCUT2D eigenvalue weighted by atomic mass is 32.1. The molecule has 4 aromatic rings. The Balaban J connectivity index is 1.32. The molecule has 0 saturated heterocycles. The van der Waals surface area contributed by atoms with Gasteiger partial charge in [-0.15, -0.1) is 22.7 Å². The van der Waals surface area contributed by atoms with E-state index in [1.54, 1.807) is 36.0 Å². The fraction of sp³-hybridized carbons (Fsp3) is 0.100. The molecule has 7 nitrogen and oxygen atoms in total. The molecule has 0 radical (unpaired) electrons. The molecule has 30 heavy (non-hydrogen) atoms. The number of carbonyl (C=O) groups is 2. The molecule has 0 atom stereocenters. The third-order valence-corrected chi connectivity index (χ3v) is 5.72. The van der Waals surface area contributed by atoms with Gasteiger partial charge in [-0.05, 0) is 35.7 Å². The molecule has 0 fully saturated rings. The van der Waals surface area contributed by atoms with E-state index in [2.05, 4.69) is 20.7 Å². The summed E-state index contributed by atoms with van der Waals surface area (Å²) >= 11 is 2.77. The van der Waals surface area contributed by atoms with Gasteiger partial charge in [0, 0.05) is 28.3 Å². The Kier molecular flexibility index (Phi) is 5.96. The molecule has 152 valence electrons. The van der Waals surface area contributed by atoms with Crippen LogP contribution in [0.15, 0.2) is 59.6 Å². The average Bonchev–Trinajstić information content (AvgIpc) is 3.45. The van der Waals surface area contributed by atoms with Crippen LogP contribution >= 0.6 is 22.7 Å². The van der Waals surface area contributed by atoms with E-state index < -0.39 is 5.82 Å². The van der Waals surface area contributed by atoms with Gasteiger partial charge in [0.15, 0.2) is 10.9 Å². The van der Waals surface area contributed by atoms with E-state index in [4.69, 9.17) is 0 Å². The smallest absolute Gasteiger partial charge is 0.231 e. The molecular weight excluding hydrogens is 425 g/mol. The number of carbonyl (C=O) groups excluding carboxylic acids is 2. The number of nitrogens with zero attached hydrogens (tertiary/aromatic N) is 3. The molecule has 0 saturated carbocycles. The summed E-state index contributed by atoms with van der Waals surface area (Å²) in [6.07, 6.45) is 3.49. The average molecular weight is 442 g/mol. The maximum absolute atomic E-state index is 14.3. The second-order valence-corrected chi connectivity index (χ2v) is 8.18. The number of hydrogen-bond acceptors (Lipinski definition) is 6. The lowest BCUT2D eigenvalue weighted by Gasteiger charge is -2.07. The number of benzene rings is 1. The lowest BCUT2D eigenvalue weighted by Crippen LogP contribution is -2.16.